The lowest BCUT2D eigenvalue weighted by Gasteiger charge is -2.30. The van der Waals surface area contributed by atoms with Crippen molar-refractivity contribution >= 4 is 11.9 Å². The minimum absolute atomic E-state index is 0.0471. The van der Waals surface area contributed by atoms with Crippen LogP contribution in [-0.2, 0) is 16.0 Å². The van der Waals surface area contributed by atoms with Crippen LogP contribution in [0.1, 0.15) is 18.1 Å². The second kappa shape index (κ2) is 9.61. The molecular formula is C22H26O6. The van der Waals surface area contributed by atoms with Crippen LogP contribution in [-0.4, -0.2) is 57.2 Å². The van der Waals surface area contributed by atoms with Crippen molar-refractivity contribution in [3.63, 3.8) is 0 Å². The first-order valence-electron chi connectivity index (χ1n) is 8.93. The van der Waals surface area contributed by atoms with E-state index in [2.05, 4.69) is 0 Å². The van der Waals surface area contributed by atoms with Crippen molar-refractivity contribution in [3.05, 3.63) is 77.5 Å². The Morgan fingerprint density at radius 2 is 1.57 bits per heavy atom. The van der Waals surface area contributed by atoms with E-state index >= 15 is 0 Å². The Morgan fingerprint density at radius 1 is 1.04 bits per heavy atom. The normalized spacial score (nSPS) is 17.3. The molecule has 0 amide bonds. The first kappa shape index (κ1) is 21.8. The highest BCUT2D eigenvalue weighted by atomic mass is 16.5. The molecule has 4 atom stereocenters. The van der Waals surface area contributed by atoms with Gasteiger partial charge in [0.2, 0.25) is 5.78 Å². The predicted molar refractivity (Wildman–Crippen MR) is 105 cm³/mol. The highest BCUT2D eigenvalue weighted by molar-refractivity contribution is 5.94. The van der Waals surface area contributed by atoms with Crippen LogP contribution < -0.4 is 0 Å². The van der Waals surface area contributed by atoms with Crippen LogP contribution in [0.25, 0.3) is 6.08 Å². The molecule has 4 N–H and O–H groups in total. The molecule has 150 valence electrons. The number of benzene rings is 2. The maximum atomic E-state index is 12.7. The third-order valence-electron chi connectivity index (χ3n) is 4.55. The molecule has 2 aromatic carbocycles. The first-order valence-corrected chi connectivity index (χ1v) is 8.93. The largest absolute Gasteiger partial charge is 0.498 e. The molecule has 0 aliphatic rings. The number of hydrogen-bond donors (Lipinski definition) is 4. The van der Waals surface area contributed by atoms with Crippen molar-refractivity contribution in [1.82, 2.24) is 0 Å². The van der Waals surface area contributed by atoms with Gasteiger partial charge in [0, 0.05) is 6.42 Å². The Kier molecular flexibility index (Phi) is 7.48. The van der Waals surface area contributed by atoms with Gasteiger partial charge in [-0.3, -0.25) is 4.79 Å². The van der Waals surface area contributed by atoms with Crippen molar-refractivity contribution < 1.29 is 30.0 Å². The van der Waals surface area contributed by atoms with Crippen LogP contribution in [0.3, 0.4) is 0 Å². The Balaban J connectivity index is 2.15. The lowest BCUT2D eigenvalue weighted by molar-refractivity contribution is -0.154. The van der Waals surface area contributed by atoms with E-state index < -0.39 is 29.7 Å². The SMILES string of the molecule is COC(=Cc1ccccc1)[C@](C)(O)C(=O)[C@H](O)[C@H](O)C(O)Cc1ccccc1. The van der Waals surface area contributed by atoms with Gasteiger partial charge in [-0.15, -0.1) is 0 Å². The molecule has 0 spiro atoms. The van der Waals surface area contributed by atoms with E-state index in [4.69, 9.17) is 4.74 Å². The summed E-state index contributed by atoms with van der Waals surface area (Å²) in [5.41, 5.74) is -0.772. The summed E-state index contributed by atoms with van der Waals surface area (Å²) in [6.45, 7) is 1.17. The molecular weight excluding hydrogens is 360 g/mol. The van der Waals surface area contributed by atoms with Crippen LogP contribution >= 0.6 is 0 Å². The van der Waals surface area contributed by atoms with Crippen LogP contribution in [0.4, 0.5) is 0 Å². The predicted octanol–water partition coefficient (Wildman–Crippen LogP) is 1.32. The standard InChI is InChI=1S/C22H26O6/c1-22(27,18(28-2)14-16-11-7-4-8-12-16)21(26)20(25)19(24)17(23)13-15-9-5-3-6-10-15/h3-12,14,17,19-20,23-25,27H,13H2,1-2H3/t17?,19-,20-,22+/m1/s1. The molecule has 6 heteroatoms. The van der Waals surface area contributed by atoms with Gasteiger partial charge in [0.15, 0.2) is 5.60 Å². The Hall–Kier alpha value is -2.51. The van der Waals surface area contributed by atoms with Gasteiger partial charge >= 0.3 is 0 Å². The summed E-state index contributed by atoms with van der Waals surface area (Å²) in [5.74, 6) is -1.16. The molecule has 2 aromatic rings. The lowest BCUT2D eigenvalue weighted by Crippen LogP contribution is -2.52. The van der Waals surface area contributed by atoms with E-state index in [1.165, 1.54) is 20.1 Å². The summed E-state index contributed by atoms with van der Waals surface area (Å²) < 4.78 is 5.16. The monoisotopic (exact) mass is 386 g/mol. The van der Waals surface area contributed by atoms with Gasteiger partial charge in [-0.25, -0.2) is 0 Å². The number of carbonyl (C=O) groups excluding carboxylic acids is 1. The highest BCUT2D eigenvalue weighted by Gasteiger charge is 2.43. The quantitative estimate of drug-likeness (QED) is 0.484. The number of hydrogen-bond acceptors (Lipinski definition) is 6. The third-order valence-corrected chi connectivity index (χ3v) is 4.55. The van der Waals surface area contributed by atoms with Gasteiger partial charge in [-0.2, -0.15) is 0 Å². The number of Topliss-reactive ketones (excluding diaryl/α,β-unsaturated/α-hetero) is 1. The Bertz CT molecular complexity index is 785. The van der Waals surface area contributed by atoms with Crippen LogP contribution in [0.15, 0.2) is 66.4 Å². The zero-order chi connectivity index (χ0) is 20.7. The van der Waals surface area contributed by atoms with E-state index in [-0.39, 0.29) is 12.2 Å². The van der Waals surface area contributed by atoms with E-state index in [9.17, 15) is 25.2 Å². The van der Waals surface area contributed by atoms with Gasteiger partial charge in [0.25, 0.3) is 0 Å². The zero-order valence-corrected chi connectivity index (χ0v) is 15.9. The topological polar surface area (TPSA) is 107 Å². The van der Waals surface area contributed by atoms with E-state index in [0.29, 0.717) is 5.56 Å². The average molecular weight is 386 g/mol. The first-order chi connectivity index (χ1) is 13.3. The van der Waals surface area contributed by atoms with Crippen LogP contribution in [0.5, 0.6) is 0 Å². The summed E-state index contributed by atoms with van der Waals surface area (Å²) in [4.78, 5) is 12.7. The van der Waals surface area contributed by atoms with E-state index in [1.54, 1.807) is 48.5 Å². The summed E-state index contributed by atoms with van der Waals surface area (Å²) in [6, 6.07) is 17.8. The second-order valence-corrected chi connectivity index (χ2v) is 6.75. The van der Waals surface area contributed by atoms with Crippen LogP contribution in [0, 0.1) is 0 Å². The molecule has 2 rings (SSSR count). The van der Waals surface area contributed by atoms with Gasteiger partial charge < -0.3 is 25.2 Å². The fourth-order valence-corrected chi connectivity index (χ4v) is 2.85. The van der Waals surface area contributed by atoms with Gasteiger partial charge in [0.1, 0.15) is 18.0 Å². The fraction of sp³-hybridized carbons (Fsp3) is 0.318. The average Bonchev–Trinajstić information content (AvgIpc) is 2.71. The molecule has 0 aliphatic carbocycles. The number of carbonyl (C=O) groups is 1. The number of ketones is 1. The maximum Gasteiger partial charge on any atom is 0.202 e. The molecule has 0 heterocycles. The highest BCUT2D eigenvalue weighted by Crippen LogP contribution is 2.24. The number of ether oxygens (including phenoxy) is 1. The van der Waals surface area contributed by atoms with Crippen molar-refractivity contribution in [2.24, 2.45) is 0 Å². The van der Waals surface area contributed by atoms with E-state index in [1.807, 2.05) is 12.1 Å². The molecule has 0 bridgehead atoms. The van der Waals surface area contributed by atoms with Crippen LogP contribution in [0.2, 0.25) is 0 Å². The molecule has 0 saturated heterocycles. The molecule has 1 unspecified atom stereocenters. The zero-order valence-electron chi connectivity index (χ0n) is 15.9. The van der Waals surface area contributed by atoms with Gasteiger partial charge in [-0.05, 0) is 24.1 Å². The molecule has 0 aliphatic heterocycles. The number of methoxy groups -OCH3 is 1. The molecule has 0 fully saturated rings. The van der Waals surface area contributed by atoms with Gasteiger partial charge in [0.05, 0.1) is 13.2 Å². The smallest absolute Gasteiger partial charge is 0.202 e. The Morgan fingerprint density at radius 3 is 2.11 bits per heavy atom. The minimum Gasteiger partial charge on any atom is -0.498 e. The maximum absolute atomic E-state index is 12.7. The summed E-state index contributed by atoms with van der Waals surface area (Å²) in [5, 5.41) is 41.4. The summed E-state index contributed by atoms with van der Waals surface area (Å²) >= 11 is 0. The van der Waals surface area contributed by atoms with E-state index in [0.717, 1.165) is 5.56 Å². The van der Waals surface area contributed by atoms with Crippen molar-refractivity contribution in [2.75, 3.05) is 7.11 Å². The number of aliphatic hydroxyl groups is 4. The second-order valence-electron chi connectivity index (χ2n) is 6.75. The summed E-state index contributed by atoms with van der Waals surface area (Å²) in [7, 11) is 1.30. The minimum atomic E-state index is -2.20. The van der Waals surface area contributed by atoms with Crippen molar-refractivity contribution in [1.29, 1.82) is 0 Å². The molecule has 0 saturated carbocycles. The Labute approximate surface area is 164 Å². The molecule has 0 aromatic heterocycles. The van der Waals surface area contributed by atoms with Crippen molar-refractivity contribution in [2.45, 2.75) is 37.3 Å². The molecule has 28 heavy (non-hydrogen) atoms. The number of rotatable bonds is 9. The lowest BCUT2D eigenvalue weighted by atomic mass is 9.88. The summed E-state index contributed by atoms with van der Waals surface area (Å²) in [6.07, 6.45) is -3.64. The van der Waals surface area contributed by atoms with Crippen molar-refractivity contribution in [3.8, 4) is 0 Å². The van der Waals surface area contributed by atoms with Gasteiger partial charge in [-0.1, -0.05) is 60.7 Å². The molecule has 6 nitrogen and oxygen atoms in total. The fourth-order valence-electron chi connectivity index (χ4n) is 2.85. The third kappa shape index (κ3) is 5.27. The number of aliphatic hydroxyl groups excluding tert-OH is 3. The molecule has 0 radical (unpaired) electrons.